The fraction of sp³-hybridized carbons (Fsp3) is 0.500. The van der Waals surface area contributed by atoms with Crippen LogP contribution in [-0.4, -0.2) is 10.9 Å². The molecule has 4 heteroatoms. The quantitative estimate of drug-likeness (QED) is 0.799. The van der Waals surface area contributed by atoms with Crippen molar-refractivity contribution < 1.29 is 4.79 Å². The van der Waals surface area contributed by atoms with Crippen molar-refractivity contribution in [1.82, 2.24) is 4.98 Å². The first-order chi connectivity index (χ1) is 7.77. The third-order valence-corrected chi connectivity index (χ3v) is 3.05. The van der Waals surface area contributed by atoms with Gasteiger partial charge in [0.1, 0.15) is 5.69 Å². The minimum absolute atomic E-state index is 0.0172. The Kier molecular flexibility index (Phi) is 3.39. The Morgan fingerprint density at radius 1 is 1.31 bits per heavy atom. The molecular weight excluding hydrogens is 204 g/mol. The van der Waals surface area contributed by atoms with Gasteiger partial charge in [0.05, 0.1) is 0 Å². The van der Waals surface area contributed by atoms with E-state index in [4.69, 9.17) is 0 Å². The largest absolute Gasteiger partial charge is 0.327 e. The molecule has 1 heterocycles. The van der Waals surface area contributed by atoms with E-state index in [-0.39, 0.29) is 17.4 Å². The second-order valence-corrected chi connectivity index (χ2v) is 4.24. The summed E-state index contributed by atoms with van der Waals surface area (Å²) in [5, 5.41) is 2.70. The number of nitrogens with one attached hydrogen (secondary N) is 2. The van der Waals surface area contributed by atoms with Crippen LogP contribution in [0.5, 0.6) is 0 Å². The van der Waals surface area contributed by atoms with E-state index < -0.39 is 0 Å². The lowest BCUT2D eigenvalue weighted by Gasteiger charge is -2.20. The highest BCUT2D eigenvalue weighted by Gasteiger charge is 2.21. The molecule has 1 aliphatic rings. The summed E-state index contributed by atoms with van der Waals surface area (Å²) in [6.07, 6.45) is 6.88. The first-order valence-electron chi connectivity index (χ1n) is 5.76. The minimum Gasteiger partial charge on any atom is -0.327 e. The lowest BCUT2D eigenvalue weighted by Crippen LogP contribution is -2.27. The third-order valence-electron chi connectivity index (χ3n) is 3.05. The predicted molar refractivity (Wildman–Crippen MR) is 62.3 cm³/mol. The number of rotatable bonds is 2. The average molecular weight is 220 g/mol. The fourth-order valence-electron chi connectivity index (χ4n) is 2.12. The van der Waals surface area contributed by atoms with Crippen LogP contribution < -0.4 is 10.9 Å². The number of hydrogen-bond acceptors (Lipinski definition) is 2. The minimum atomic E-state index is -0.244. The number of aromatic nitrogens is 1. The predicted octanol–water partition coefficient (Wildman–Crippen LogP) is 1.89. The highest BCUT2D eigenvalue weighted by atomic mass is 16.2. The molecule has 1 aromatic heterocycles. The Morgan fingerprint density at radius 2 is 2.06 bits per heavy atom. The molecule has 0 radical (unpaired) electrons. The molecule has 0 aromatic carbocycles. The van der Waals surface area contributed by atoms with E-state index in [1.807, 2.05) is 0 Å². The molecular formula is C12H16N2O2. The number of hydrogen-bond donors (Lipinski definition) is 2. The van der Waals surface area contributed by atoms with Crippen LogP contribution in [0.25, 0.3) is 0 Å². The highest BCUT2D eigenvalue weighted by Crippen LogP contribution is 2.24. The highest BCUT2D eigenvalue weighted by molar-refractivity contribution is 5.92. The molecule has 1 aromatic rings. The molecule has 2 rings (SSSR count). The Labute approximate surface area is 94.1 Å². The van der Waals surface area contributed by atoms with E-state index in [1.165, 1.54) is 6.42 Å². The lowest BCUT2D eigenvalue weighted by molar-refractivity contribution is -0.120. The normalized spacial score (nSPS) is 17.0. The van der Waals surface area contributed by atoms with Crippen molar-refractivity contribution >= 4 is 11.6 Å². The van der Waals surface area contributed by atoms with Crippen LogP contribution in [-0.2, 0) is 4.79 Å². The molecule has 0 aliphatic heterocycles. The Morgan fingerprint density at radius 3 is 2.75 bits per heavy atom. The van der Waals surface area contributed by atoms with E-state index in [0.29, 0.717) is 5.69 Å². The van der Waals surface area contributed by atoms with Crippen LogP contribution in [0, 0.1) is 5.92 Å². The van der Waals surface area contributed by atoms with Gasteiger partial charge in [0.15, 0.2) is 0 Å². The first-order valence-corrected chi connectivity index (χ1v) is 5.76. The van der Waals surface area contributed by atoms with Crippen LogP contribution in [0.2, 0.25) is 0 Å². The average Bonchev–Trinajstić information content (AvgIpc) is 2.33. The Balaban J connectivity index is 2.01. The summed E-state index contributed by atoms with van der Waals surface area (Å²) in [6.45, 7) is 0. The molecule has 1 amide bonds. The van der Waals surface area contributed by atoms with Crippen LogP contribution in [0.1, 0.15) is 32.1 Å². The summed E-state index contributed by atoms with van der Waals surface area (Å²) in [4.78, 5) is 25.8. The standard InChI is InChI=1S/C12H16N2O2/c15-11(9-5-2-1-3-6-9)14-10-7-4-8-13-12(10)16/h4,7-9H,1-3,5-6H2,(H,13,16)(H,14,15). The molecule has 0 saturated heterocycles. The summed E-state index contributed by atoms with van der Waals surface area (Å²) in [7, 11) is 0. The van der Waals surface area contributed by atoms with Gasteiger partial charge in [0.25, 0.3) is 5.56 Å². The second kappa shape index (κ2) is 4.96. The number of carbonyl (C=O) groups is 1. The Bertz CT molecular complexity index is 419. The summed E-state index contributed by atoms with van der Waals surface area (Å²) in [5.41, 5.74) is 0.102. The van der Waals surface area contributed by atoms with Crippen molar-refractivity contribution in [3.8, 4) is 0 Å². The van der Waals surface area contributed by atoms with Crippen LogP contribution in [0.15, 0.2) is 23.1 Å². The zero-order chi connectivity index (χ0) is 11.4. The molecule has 0 atom stereocenters. The van der Waals surface area contributed by atoms with Gasteiger partial charge in [-0.15, -0.1) is 0 Å². The maximum absolute atomic E-state index is 11.9. The van der Waals surface area contributed by atoms with Crippen molar-refractivity contribution in [3.63, 3.8) is 0 Å². The van der Waals surface area contributed by atoms with E-state index >= 15 is 0 Å². The number of H-pyrrole nitrogens is 1. The van der Waals surface area contributed by atoms with Gasteiger partial charge in [-0.25, -0.2) is 0 Å². The monoisotopic (exact) mass is 220 g/mol. The smallest absolute Gasteiger partial charge is 0.271 e. The van der Waals surface area contributed by atoms with Gasteiger partial charge >= 0.3 is 0 Å². The molecule has 16 heavy (non-hydrogen) atoms. The molecule has 2 N–H and O–H groups in total. The van der Waals surface area contributed by atoms with Gasteiger partial charge in [-0.3, -0.25) is 9.59 Å². The molecule has 0 unspecified atom stereocenters. The van der Waals surface area contributed by atoms with Gasteiger partial charge in [-0.2, -0.15) is 0 Å². The van der Waals surface area contributed by atoms with Crippen molar-refractivity contribution in [2.24, 2.45) is 5.92 Å². The fourth-order valence-corrected chi connectivity index (χ4v) is 2.12. The van der Waals surface area contributed by atoms with Crippen molar-refractivity contribution in [2.45, 2.75) is 32.1 Å². The topological polar surface area (TPSA) is 62.0 Å². The Hall–Kier alpha value is -1.58. The van der Waals surface area contributed by atoms with Gasteiger partial charge in [0.2, 0.25) is 5.91 Å². The van der Waals surface area contributed by atoms with Crippen LogP contribution in [0.4, 0.5) is 5.69 Å². The van der Waals surface area contributed by atoms with E-state index in [0.717, 1.165) is 25.7 Å². The first kappa shape index (κ1) is 10.9. The third kappa shape index (κ3) is 2.51. The van der Waals surface area contributed by atoms with Crippen LogP contribution >= 0.6 is 0 Å². The molecule has 86 valence electrons. The zero-order valence-corrected chi connectivity index (χ0v) is 9.16. The molecule has 0 spiro atoms. The molecule has 1 saturated carbocycles. The number of pyridine rings is 1. The lowest BCUT2D eigenvalue weighted by atomic mass is 9.88. The number of amides is 1. The van der Waals surface area contributed by atoms with E-state index in [2.05, 4.69) is 10.3 Å². The SMILES string of the molecule is O=C(Nc1ccc[nH]c1=O)C1CCCCC1. The van der Waals surface area contributed by atoms with Gasteiger partial charge < -0.3 is 10.3 Å². The van der Waals surface area contributed by atoms with Gasteiger partial charge in [-0.1, -0.05) is 19.3 Å². The van der Waals surface area contributed by atoms with Crippen molar-refractivity contribution in [2.75, 3.05) is 5.32 Å². The molecule has 1 aliphatic carbocycles. The number of aromatic amines is 1. The number of carbonyl (C=O) groups excluding carboxylic acids is 1. The summed E-state index contributed by atoms with van der Waals surface area (Å²) in [6, 6.07) is 3.33. The molecule has 0 bridgehead atoms. The van der Waals surface area contributed by atoms with Crippen molar-refractivity contribution in [1.29, 1.82) is 0 Å². The second-order valence-electron chi connectivity index (χ2n) is 4.24. The summed E-state index contributed by atoms with van der Waals surface area (Å²) in [5.74, 6) is 0.0600. The van der Waals surface area contributed by atoms with E-state index in [1.54, 1.807) is 18.3 Å². The maximum atomic E-state index is 11.9. The van der Waals surface area contributed by atoms with Crippen LogP contribution in [0.3, 0.4) is 0 Å². The number of anilines is 1. The van der Waals surface area contributed by atoms with Gasteiger partial charge in [-0.05, 0) is 25.0 Å². The molecule has 1 fully saturated rings. The molecule has 4 nitrogen and oxygen atoms in total. The zero-order valence-electron chi connectivity index (χ0n) is 9.16. The van der Waals surface area contributed by atoms with Gasteiger partial charge in [0, 0.05) is 12.1 Å². The maximum Gasteiger partial charge on any atom is 0.271 e. The summed E-state index contributed by atoms with van der Waals surface area (Å²) < 4.78 is 0. The van der Waals surface area contributed by atoms with E-state index in [9.17, 15) is 9.59 Å². The van der Waals surface area contributed by atoms with Crippen molar-refractivity contribution in [3.05, 3.63) is 28.7 Å². The summed E-state index contributed by atoms with van der Waals surface area (Å²) >= 11 is 0.